The maximum absolute atomic E-state index is 12.9. The number of benzene rings is 2. The molecule has 5 rings (SSSR count). The molecule has 10 heteroatoms. The van der Waals surface area contributed by atoms with Crippen LogP contribution in [0.5, 0.6) is 17.2 Å². The van der Waals surface area contributed by atoms with Crippen LogP contribution in [0.25, 0.3) is 0 Å². The fraction of sp³-hybridized carbons (Fsp3) is 0.385. The lowest BCUT2D eigenvalue weighted by atomic mass is 9.85. The third kappa shape index (κ3) is 4.14. The highest BCUT2D eigenvalue weighted by Gasteiger charge is 2.46. The van der Waals surface area contributed by atoms with Crippen LogP contribution in [0.1, 0.15) is 28.4 Å². The van der Waals surface area contributed by atoms with Crippen molar-refractivity contribution in [2.24, 2.45) is 7.05 Å². The molecule has 1 fully saturated rings. The zero-order chi connectivity index (χ0) is 25.4. The number of ether oxygens (including phenoxy) is 4. The summed E-state index contributed by atoms with van der Waals surface area (Å²) in [5, 5.41) is 10.6. The monoisotopic (exact) mass is 511 g/mol. The molecule has 9 nitrogen and oxygen atoms in total. The summed E-state index contributed by atoms with van der Waals surface area (Å²) in [5.74, 6) is 2.09. The van der Waals surface area contributed by atoms with Gasteiger partial charge in [0.2, 0.25) is 0 Å². The fourth-order valence-corrected chi connectivity index (χ4v) is 6.23. The van der Waals surface area contributed by atoms with Gasteiger partial charge in [-0.2, -0.15) is 0 Å². The average Bonchev–Trinajstić information content (AvgIpc) is 3.45. The van der Waals surface area contributed by atoms with Crippen LogP contribution in [0.2, 0.25) is 0 Å². The summed E-state index contributed by atoms with van der Waals surface area (Å²) < 4.78 is 24.3. The van der Waals surface area contributed by atoms with E-state index in [1.165, 1.54) is 11.8 Å². The van der Waals surface area contributed by atoms with E-state index in [0.717, 1.165) is 33.0 Å². The molecular weight excluding hydrogens is 482 g/mol. The van der Waals surface area contributed by atoms with Crippen LogP contribution in [0.3, 0.4) is 0 Å². The van der Waals surface area contributed by atoms with Crippen LogP contribution >= 0.6 is 11.8 Å². The van der Waals surface area contributed by atoms with Gasteiger partial charge in [0.15, 0.2) is 0 Å². The number of carbonyl (C=O) groups excluding carboxylic acids is 1. The molecule has 0 bridgehead atoms. The lowest BCUT2D eigenvalue weighted by Crippen LogP contribution is -2.43. The Hall–Kier alpha value is -3.37. The van der Waals surface area contributed by atoms with Crippen LogP contribution in [-0.2, 0) is 31.2 Å². The number of cyclic esters (lactones) is 1. The van der Waals surface area contributed by atoms with Crippen molar-refractivity contribution in [1.29, 1.82) is 0 Å². The van der Waals surface area contributed by atoms with Crippen LogP contribution in [-0.4, -0.2) is 59.6 Å². The van der Waals surface area contributed by atoms with Crippen molar-refractivity contribution >= 4 is 17.9 Å². The van der Waals surface area contributed by atoms with Crippen LogP contribution in [0.4, 0.5) is 4.79 Å². The Morgan fingerprint density at radius 2 is 1.89 bits per heavy atom. The number of amides is 1. The average molecular weight is 512 g/mol. The fourth-order valence-electron chi connectivity index (χ4n) is 5.05. The van der Waals surface area contributed by atoms with Crippen LogP contribution < -0.4 is 14.2 Å². The number of hydrogen-bond acceptors (Lipinski definition) is 8. The Kier molecular flexibility index (Phi) is 6.72. The minimum Gasteiger partial charge on any atom is -0.497 e. The molecule has 3 aromatic rings. The van der Waals surface area contributed by atoms with Crippen LogP contribution in [0.15, 0.2) is 46.6 Å². The van der Waals surface area contributed by atoms with Crippen LogP contribution in [0, 0.1) is 0 Å². The molecule has 0 spiro atoms. The lowest BCUT2D eigenvalue weighted by molar-refractivity contribution is 0.139. The van der Waals surface area contributed by atoms with E-state index < -0.39 is 0 Å². The molecule has 2 atom stereocenters. The number of fused-ring (bicyclic) bond motifs is 2. The molecular formula is C26H29N3O6S. The van der Waals surface area contributed by atoms with Crippen molar-refractivity contribution in [3.05, 3.63) is 59.0 Å². The molecule has 2 aliphatic rings. The zero-order valence-electron chi connectivity index (χ0n) is 20.7. The summed E-state index contributed by atoms with van der Waals surface area (Å²) in [6, 6.07) is 9.33. The second-order valence-corrected chi connectivity index (χ2v) is 9.78. The molecule has 3 heterocycles. The van der Waals surface area contributed by atoms with Gasteiger partial charge in [-0.05, 0) is 36.1 Å². The number of carbonyl (C=O) groups is 1. The number of aliphatic hydroxyl groups is 1. The second-order valence-electron chi connectivity index (χ2n) is 8.78. The first-order valence-corrected chi connectivity index (χ1v) is 12.4. The van der Waals surface area contributed by atoms with Gasteiger partial charge in [-0.25, -0.2) is 9.78 Å². The largest absolute Gasteiger partial charge is 0.497 e. The van der Waals surface area contributed by atoms with E-state index in [0.29, 0.717) is 36.0 Å². The van der Waals surface area contributed by atoms with Gasteiger partial charge in [0.25, 0.3) is 0 Å². The van der Waals surface area contributed by atoms with Crippen molar-refractivity contribution in [3.63, 3.8) is 0 Å². The van der Waals surface area contributed by atoms with Gasteiger partial charge in [-0.1, -0.05) is 23.9 Å². The SMILES string of the molecule is COc1ccc(C[C@@H]2c3c(OC)cc(OC)c(Sc4ncn(C)c4CO)c3C[C@@H]3COC(=O)N32)cc1. The number of aliphatic hydroxyl groups excluding tert-OH is 1. The molecule has 1 N–H and O–H groups in total. The molecule has 190 valence electrons. The maximum atomic E-state index is 12.9. The first kappa shape index (κ1) is 24.3. The van der Waals surface area contributed by atoms with E-state index in [2.05, 4.69) is 4.98 Å². The second kappa shape index (κ2) is 9.94. The molecule has 2 aromatic carbocycles. The van der Waals surface area contributed by atoms with E-state index in [1.807, 2.05) is 46.8 Å². The molecule has 1 saturated heterocycles. The van der Waals surface area contributed by atoms with E-state index in [4.69, 9.17) is 18.9 Å². The van der Waals surface area contributed by atoms with Crippen molar-refractivity contribution in [1.82, 2.24) is 14.5 Å². The number of methoxy groups -OCH3 is 3. The quantitative estimate of drug-likeness (QED) is 0.489. The summed E-state index contributed by atoms with van der Waals surface area (Å²) >= 11 is 1.46. The van der Waals surface area contributed by atoms with Crippen molar-refractivity contribution < 1.29 is 28.8 Å². The number of aryl methyl sites for hydroxylation is 1. The van der Waals surface area contributed by atoms with Crippen molar-refractivity contribution in [2.75, 3.05) is 27.9 Å². The summed E-state index contributed by atoms with van der Waals surface area (Å²) in [7, 11) is 6.75. The normalized spacial score (nSPS) is 18.5. The number of rotatable bonds is 8. The Labute approximate surface area is 213 Å². The Morgan fingerprint density at radius 1 is 1.14 bits per heavy atom. The highest BCUT2D eigenvalue weighted by Crippen LogP contribution is 2.51. The molecule has 2 aliphatic heterocycles. The number of nitrogens with zero attached hydrogens (tertiary/aromatic N) is 3. The third-order valence-corrected chi connectivity index (χ3v) is 8.05. The lowest BCUT2D eigenvalue weighted by Gasteiger charge is -2.39. The topological polar surface area (TPSA) is 95.3 Å². The minimum absolute atomic E-state index is 0.106. The van der Waals surface area contributed by atoms with E-state index in [1.54, 1.807) is 27.7 Å². The molecule has 0 radical (unpaired) electrons. The molecule has 1 amide bonds. The Balaban J connectivity index is 1.66. The zero-order valence-corrected chi connectivity index (χ0v) is 21.5. The summed E-state index contributed by atoms with van der Waals surface area (Å²) in [5.41, 5.74) is 3.77. The smallest absolute Gasteiger partial charge is 0.410 e. The highest BCUT2D eigenvalue weighted by molar-refractivity contribution is 7.99. The Morgan fingerprint density at radius 3 is 2.56 bits per heavy atom. The molecule has 0 saturated carbocycles. The summed E-state index contributed by atoms with van der Waals surface area (Å²) in [4.78, 5) is 20.1. The van der Waals surface area contributed by atoms with Gasteiger partial charge >= 0.3 is 6.09 Å². The third-order valence-electron chi connectivity index (χ3n) is 6.86. The summed E-state index contributed by atoms with van der Waals surface area (Å²) in [6.07, 6.45) is 2.55. The molecule has 0 aliphatic carbocycles. The molecule has 1 aromatic heterocycles. The Bertz CT molecular complexity index is 1280. The highest BCUT2D eigenvalue weighted by atomic mass is 32.2. The van der Waals surface area contributed by atoms with Gasteiger partial charge in [0.05, 0.1) is 56.9 Å². The number of aromatic nitrogens is 2. The van der Waals surface area contributed by atoms with Gasteiger partial charge in [0.1, 0.15) is 28.9 Å². The van der Waals surface area contributed by atoms with E-state index >= 15 is 0 Å². The van der Waals surface area contributed by atoms with E-state index in [-0.39, 0.29) is 24.8 Å². The van der Waals surface area contributed by atoms with Crippen molar-refractivity contribution in [2.45, 2.75) is 41.5 Å². The predicted molar refractivity (Wildman–Crippen MR) is 133 cm³/mol. The van der Waals surface area contributed by atoms with Gasteiger partial charge in [-0.15, -0.1) is 0 Å². The number of imidazole rings is 1. The molecule has 0 unspecified atom stereocenters. The first-order chi connectivity index (χ1) is 17.5. The maximum Gasteiger partial charge on any atom is 0.410 e. The standard InChI is InChI=1S/C26H29N3O6S/c1-28-14-27-25(20(28)12-30)36-24-18-10-16-13-35-26(31)29(16)19(9-15-5-7-17(32-2)8-6-15)23(18)21(33-3)11-22(24)34-4/h5-8,11,14,16,19,30H,9-10,12-13H2,1-4H3/t16-,19-/m1/s1. The molecule has 36 heavy (non-hydrogen) atoms. The predicted octanol–water partition coefficient (Wildman–Crippen LogP) is 3.75. The van der Waals surface area contributed by atoms with Gasteiger partial charge in [-0.3, -0.25) is 4.90 Å². The van der Waals surface area contributed by atoms with Crippen molar-refractivity contribution in [3.8, 4) is 17.2 Å². The summed E-state index contributed by atoms with van der Waals surface area (Å²) in [6.45, 7) is 0.199. The number of hydrogen-bond donors (Lipinski definition) is 1. The minimum atomic E-state index is -0.316. The first-order valence-electron chi connectivity index (χ1n) is 11.6. The van der Waals surface area contributed by atoms with Gasteiger partial charge in [0, 0.05) is 18.7 Å². The van der Waals surface area contributed by atoms with E-state index in [9.17, 15) is 9.90 Å². The van der Waals surface area contributed by atoms with Gasteiger partial charge < -0.3 is 28.6 Å².